The summed E-state index contributed by atoms with van der Waals surface area (Å²) >= 11 is 0. The van der Waals surface area contributed by atoms with Gasteiger partial charge in [0.2, 0.25) is 0 Å². The number of ether oxygens (including phenoxy) is 1. The highest BCUT2D eigenvalue weighted by molar-refractivity contribution is 5.81. The molecule has 0 aromatic carbocycles. The van der Waals surface area contributed by atoms with E-state index in [0.29, 0.717) is 10.8 Å². The molecule has 0 aliphatic heterocycles. The van der Waals surface area contributed by atoms with E-state index >= 15 is 0 Å². The molecule has 14 heavy (non-hydrogen) atoms. The van der Waals surface area contributed by atoms with Gasteiger partial charge < -0.3 is 4.74 Å². The van der Waals surface area contributed by atoms with E-state index < -0.39 is 0 Å². The van der Waals surface area contributed by atoms with E-state index in [0.717, 1.165) is 19.3 Å². The Balaban J connectivity index is 1.53. The van der Waals surface area contributed by atoms with Crippen molar-refractivity contribution in [3.8, 4) is 0 Å². The van der Waals surface area contributed by atoms with E-state index in [2.05, 4.69) is 0 Å². The Bertz CT molecular complexity index is 307. The summed E-state index contributed by atoms with van der Waals surface area (Å²) in [5, 5.41) is 0. The molecule has 0 N–H and O–H groups in total. The fraction of sp³-hybridized carbons (Fsp3) is 0.833. The fourth-order valence-corrected chi connectivity index (χ4v) is 4.63. The number of hydrogen-bond acceptors (Lipinski definition) is 2. The van der Waals surface area contributed by atoms with Gasteiger partial charge in [-0.15, -0.1) is 0 Å². The smallest absolute Gasteiger partial charge is 0.311 e. The van der Waals surface area contributed by atoms with Gasteiger partial charge in [-0.1, -0.05) is 0 Å². The summed E-state index contributed by atoms with van der Waals surface area (Å²) in [4.78, 5) is 11.5. The number of esters is 1. The Kier molecular flexibility index (Phi) is 0.975. The Morgan fingerprint density at radius 1 is 1.14 bits per heavy atom. The molecular formula is C12H15O2. The van der Waals surface area contributed by atoms with Crippen molar-refractivity contribution in [2.45, 2.75) is 38.5 Å². The topological polar surface area (TPSA) is 26.3 Å². The average molecular weight is 191 g/mol. The normalized spacial score (nSPS) is 50.6. The van der Waals surface area contributed by atoms with Crippen molar-refractivity contribution in [3.05, 3.63) is 5.92 Å². The van der Waals surface area contributed by atoms with Crippen molar-refractivity contribution in [1.29, 1.82) is 0 Å². The second kappa shape index (κ2) is 1.77. The van der Waals surface area contributed by atoms with Crippen molar-refractivity contribution < 1.29 is 9.53 Å². The van der Waals surface area contributed by atoms with Crippen molar-refractivity contribution in [2.75, 3.05) is 7.11 Å². The van der Waals surface area contributed by atoms with Crippen LogP contribution in [0.15, 0.2) is 0 Å². The summed E-state index contributed by atoms with van der Waals surface area (Å²) < 4.78 is 4.87. The standard InChI is InChI=1S/C12H15O2/c1-14-9(13)10-5-12(6-10,7-10)11-2-8(3-11)4-11/h2-7H2,1H3. The summed E-state index contributed by atoms with van der Waals surface area (Å²) in [6.07, 6.45) is 7.60. The van der Waals surface area contributed by atoms with Crippen molar-refractivity contribution >= 4 is 5.97 Å². The predicted molar refractivity (Wildman–Crippen MR) is 50.3 cm³/mol. The lowest BCUT2D eigenvalue weighted by Gasteiger charge is -2.83. The van der Waals surface area contributed by atoms with E-state index in [1.165, 1.54) is 26.4 Å². The number of rotatable bonds is 2. The van der Waals surface area contributed by atoms with Crippen molar-refractivity contribution in [2.24, 2.45) is 16.2 Å². The van der Waals surface area contributed by atoms with E-state index in [4.69, 9.17) is 4.74 Å². The maximum Gasteiger partial charge on any atom is 0.311 e. The molecule has 6 aliphatic rings. The van der Waals surface area contributed by atoms with Gasteiger partial charge in [0.25, 0.3) is 0 Å². The summed E-state index contributed by atoms with van der Waals surface area (Å²) in [6.45, 7) is 0. The van der Waals surface area contributed by atoms with Crippen LogP contribution in [-0.4, -0.2) is 13.1 Å². The zero-order valence-corrected chi connectivity index (χ0v) is 8.56. The molecule has 0 aromatic heterocycles. The van der Waals surface area contributed by atoms with E-state index in [9.17, 15) is 4.79 Å². The third-order valence-electron chi connectivity index (χ3n) is 5.54. The molecule has 0 amide bonds. The van der Waals surface area contributed by atoms with Crippen LogP contribution in [0, 0.1) is 22.2 Å². The van der Waals surface area contributed by atoms with Crippen LogP contribution in [0.25, 0.3) is 0 Å². The largest absolute Gasteiger partial charge is 0.469 e. The van der Waals surface area contributed by atoms with Gasteiger partial charge in [0.05, 0.1) is 12.5 Å². The van der Waals surface area contributed by atoms with Crippen LogP contribution in [0.3, 0.4) is 0 Å². The summed E-state index contributed by atoms with van der Waals surface area (Å²) in [5.74, 6) is 1.83. The molecule has 0 unspecified atom stereocenters. The quantitative estimate of drug-likeness (QED) is 0.625. The second-order valence-electron chi connectivity index (χ2n) is 6.14. The molecule has 0 saturated heterocycles. The molecule has 6 fully saturated rings. The van der Waals surface area contributed by atoms with Crippen LogP contribution in [0.2, 0.25) is 0 Å². The Morgan fingerprint density at radius 2 is 1.71 bits per heavy atom. The van der Waals surface area contributed by atoms with Crippen LogP contribution in [0.1, 0.15) is 38.5 Å². The predicted octanol–water partition coefficient (Wildman–Crippen LogP) is 2.09. The minimum absolute atomic E-state index is 0.0190. The number of methoxy groups -OCH3 is 1. The Morgan fingerprint density at radius 3 is 2.07 bits per heavy atom. The van der Waals surface area contributed by atoms with E-state index in [1.807, 2.05) is 0 Å². The first-order valence-electron chi connectivity index (χ1n) is 5.56. The van der Waals surface area contributed by atoms with Gasteiger partial charge in [-0.05, 0) is 55.3 Å². The molecule has 4 bridgehead atoms. The molecular weight excluding hydrogens is 176 g/mol. The highest BCUT2D eigenvalue weighted by Gasteiger charge is 2.82. The van der Waals surface area contributed by atoms with Crippen LogP contribution < -0.4 is 0 Å². The lowest BCUT2D eigenvalue weighted by Crippen LogP contribution is -2.77. The molecule has 0 heterocycles. The van der Waals surface area contributed by atoms with Gasteiger partial charge in [-0.2, -0.15) is 0 Å². The van der Waals surface area contributed by atoms with Crippen molar-refractivity contribution in [3.63, 3.8) is 0 Å². The molecule has 0 atom stereocenters. The monoisotopic (exact) mass is 191 g/mol. The lowest BCUT2D eigenvalue weighted by atomic mass is 9.20. The summed E-state index contributed by atoms with van der Waals surface area (Å²) in [5.41, 5.74) is 1.25. The van der Waals surface area contributed by atoms with E-state index in [1.54, 1.807) is 5.92 Å². The number of carbonyl (C=O) groups is 1. The zero-order chi connectivity index (χ0) is 9.60. The molecule has 2 heteroatoms. The first kappa shape index (κ1) is 7.72. The molecule has 0 spiro atoms. The Labute approximate surface area is 84.0 Å². The van der Waals surface area contributed by atoms with Gasteiger partial charge in [0, 0.05) is 0 Å². The maximum atomic E-state index is 11.5. The molecule has 0 aromatic rings. The first-order valence-corrected chi connectivity index (χ1v) is 5.56. The van der Waals surface area contributed by atoms with Gasteiger partial charge in [0.15, 0.2) is 0 Å². The van der Waals surface area contributed by atoms with Crippen LogP contribution >= 0.6 is 0 Å². The van der Waals surface area contributed by atoms with Gasteiger partial charge in [-0.3, -0.25) is 4.79 Å². The molecule has 6 saturated carbocycles. The maximum absolute atomic E-state index is 11.5. The molecule has 6 aliphatic carbocycles. The minimum Gasteiger partial charge on any atom is -0.469 e. The molecule has 75 valence electrons. The zero-order valence-electron chi connectivity index (χ0n) is 8.56. The highest BCUT2D eigenvalue weighted by Crippen LogP contribution is 2.89. The van der Waals surface area contributed by atoms with Gasteiger partial charge in [0.1, 0.15) is 0 Å². The lowest BCUT2D eigenvalue weighted by molar-refractivity contribution is -0.310. The average Bonchev–Trinajstić information content (AvgIpc) is 1.84. The second-order valence-corrected chi connectivity index (χ2v) is 6.14. The third-order valence-corrected chi connectivity index (χ3v) is 5.54. The first-order chi connectivity index (χ1) is 6.64. The Hall–Kier alpha value is -0.530. The minimum atomic E-state index is -0.0190. The SMILES string of the molecule is COC(=O)C12CC(C34C[C](C3)C4)(C1)C2. The molecule has 6 rings (SSSR count). The summed E-state index contributed by atoms with van der Waals surface area (Å²) in [7, 11) is 1.52. The number of hydrogen-bond donors (Lipinski definition) is 0. The fourth-order valence-electron chi connectivity index (χ4n) is 4.63. The van der Waals surface area contributed by atoms with Gasteiger partial charge in [-0.25, -0.2) is 0 Å². The van der Waals surface area contributed by atoms with Crippen LogP contribution in [-0.2, 0) is 9.53 Å². The van der Waals surface area contributed by atoms with Crippen LogP contribution in [0.4, 0.5) is 0 Å². The number of carbonyl (C=O) groups excluding carboxylic acids is 1. The summed E-state index contributed by atoms with van der Waals surface area (Å²) in [6, 6.07) is 0. The highest BCUT2D eigenvalue weighted by atomic mass is 16.5. The van der Waals surface area contributed by atoms with Crippen molar-refractivity contribution in [1.82, 2.24) is 0 Å². The van der Waals surface area contributed by atoms with Crippen LogP contribution in [0.5, 0.6) is 0 Å². The molecule has 1 radical (unpaired) electrons. The van der Waals surface area contributed by atoms with Gasteiger partial charge >= 0.3 is 5.97 Å². The van der Waals surface area contributed by atoms with E-state index in [-0.39, 0.29) is 11.4 Å². The molecule has 2 nitrogen and oxygen atoms in total. The third kappa shape index (κ3) is 0.514.